The molecule has 0 saturated heterocycles. The molecule has 6 heteroatoms. The summed E-state index contributed by atoms with van der Waals surface area (Å²) in [6.07, 6.45) is 8.41. The third-order valence-electron chi connectivity index (χ3n) is 4.92. The molecule has 2 heterocycles. The molecule has 184 valence electrons. The molecule has 0 unspecified atom stereocenters. The van der Waals surface area contributed by atoms with E-state index in [0.717, 1.165) is 40.3 Å². The first-order valence-corrected chi connectivity index (χ1v) is 11.8. The molecule has 1 aromatic carbocycles. The van der Waals surface area contributed by atoms with Gasteiger partial charge in [0, 0.05) is 53.6 Å². The minimum Gasteiger partial charge on any atom is -0.481 e. The largest absolute Gasteiger partial charge is 0.481 e. The van der Waals surface area contributed by atoms with Gasteiger partial charge in [-0.15, -0.1) is 0 Å². The normalized spacial score (nSPS) is 10.2. The summed E-state index contributed by atoms with van der Waals surface area (Å²) in [5.74, 6) is 2.70. The van der Waals surface area contributed by atoms with Gasteiger partial charge < -0.3 is 20.1 Å². The number of methoxy groups -OCH3 is 1. The maximum atomic E-state index is 6.17. The Kier molecular flexibility index (Phi) is 11.1. The van der Waals surface area contributed by atoms with Gasteiger partial charge in [0.2, 0.25) is 5.88 Å². The number of pyridine rings is 2. The molecule has 0 amide bonds. The van der Waals surface area contributed by atoms with Crippen LogP contribution in [0.25, 0.3) is 5.70 Å². The second kappa shape index (κ2) is 14.3. The number of anilines is 1. The number of allylic oxidation sites excluding steroid dienone is 2. The van der Waals surface area contributed by atoms with E-state index in [1.807, 2.05) is 75.4 Å². The zero-order chi connectivity index (χ0) is 25.6. The van der Waals surface area contributed by atoms with Gasteiger partial charge in [0.15, 0.2) is 0 Å². The van der Waals surface area contributed by atoms with Crippen molar-refractivity contribution in [1.29, 1.82) is 0 Å². The van der Waals surface area contributed by atoms with Crippen LogP contribution in [0.1, 0.15) is 43.9 Å². The number of hydrogen-bond acceptors (Lipinski definition) is 6. The molecule has 3 aromatic rings. The Bertz CT molecular complexity index is 1140. The molecule has 0 aliphatic heterocycles. The van der Waals surface area contributed by atoms with Crippen LogP contribution in [0.2, 0.25) is 0 Å². The van der Waals surface area contributed by atoms with Crippen LogP contribution in [0.3, 0.4) is 0 Å². The maximum Gasteiger partial charge on any atom is 0.212 e. The monoisotopic (exact) mass is 472 g/mol. The Labute approximate surface area is 209 Å². The van der Waals surface area contributed by atoms with Crippen molar-refractivity contribution in [3.05, 3.63) is 103 Å². The van der Waals surface area contributed by atoms with Crippen LogP contribution >= 0.6 is 0 Å². The molecule has 0 fully saturated rings. The SMILES string of the molecule is C=C(/C=C\CC)Nc1cc(Oc2cccc(C(=C)NCc3ccc(OC)nc3)c2C)ccn1.CC. The van der Waals surface area contributed by atoms with Gasteiger partial charge in [-0.25, -0.2) is 9.97 Å². The predicted molar refractivity (Wildman–Crippen MR) is 146 cm³/mol. The fourth-order valence-electron chi connectivity index (χ4n) is 3.13. The third-order valence-corrected chi connectivity index (χ3v) is 4.92. The lowest BCUT2D eigenvalue weighted by Crippen LogP contribution is -2.12. The molecule has 0 spiro atoms. The van der Waals surface area contributed by atoms with Crippen molar-refractivity contribution in [2.24, 2.45) is 0 Å². The summed E-state index contributed by atoms with van der Waals surface area (Å²) in [5, 5.41) is 6.54. The van der Waals surface area contributed by atoms with Gasteiger partial charge in [-0.3, -0.25) is 0 Å². The molecule has 35 heavy (non-hydrogen) atoms. The van der Waals surface area contributed by atoms with E-state index in [4.69, 9.17) is 9.47 Å². The molecule has 0 bridgehead atoms. The first kappa shape index (κ1) is 27.2. The van der Waals surface area contributed by atoms with Gasteiger partial charge in [-0.1, -0.05) is 58.2 Å². The lowest BCUT2D eigenvalue weighted by molar-refractivity contribution is 0.397. The van der Waals surface area contributed by atoms with Gasteiger partial charge in [-0.05, 0) is 37.1 Å². The summed E-state index contributed by atoms with van der Waals surface area (Å²) in [6, 6.07) is 13.4. The highest BCUT2D eigenvalue weighted by Crippen LogP contribution is 2.30. The number of nitrogens with zero attached hydrogens (tertiary/aromatic N) is 2. The maximum absolute atomic E-state index is 6.17. The van der Waals surface area contributed by atoms with Gasteiger partial charge in [0.05, 0.1) is 7.11 Å². The average Bonchev–Trinajstić information content (AvgIpc) is 2.89. The Hall–Kier alpha value is -4.06. The summed E-state index contributed by atoms with van der Waals surface area (Å²) in [6.45, 7) is 16.9. The fourth-order valence-corrected chi connectivity index (χ4v) is 3.13. The summed E-state index contributed by atoms with van der Waals surface area (Å²) >= 11 is 0. The first-order chi connectivity index (χ1) is 17.0. The molecule has 3 rings (SSSR count). The predicted octanol–water partition coefficient (Wildman–Crippen LogP) is 7.26. The molecule has 2 aromatic heterocycles. The van der Waals surface area contributed by atoms with Crippen LogP contribution < -0.4 is 20.1 Å². The van der Waals surface area contributed by atoms with E-state index in [-0.39, 0.29) is 0 Å². The van der Waals surface area contributed by atoms with Crippen LogP contribution in [-0.2, 0) is 6.54 Å². The van der Waals surface area contributed by atoms with Crippen molar-refractivity contribution in [2.75, 3.05) is 12.4 Å². The van der Waals surface area contributed by atoms with E-state index in [2.05, 4.69) is 40.7 Å². The summed E-state index contributed by atoms with van der Waals surface area (Å²) in [7, 11) is 1.60. The van der Waals surface area contributed by atoms with Crippen molar-refractivity contribution in [3.8, 4) is 17.4 Å². The number of ether oxygens (including phenoxy) is 2. The zero-order valence-electron chi connectivity index (χ0n) is 21.4. The van der Waals surface area contributed by atoms with Crippen LogP contribution in [0.15, 0.2) is 85.9 Å². The average molecular weight is 473 g/mol. The highest BCUT2D eigenvalue weighted by molar-refractivity contribution is 5.67. The Morgan fingerprint density at radius 2 is 1.89 bits per heavy atom. The fraction of sp³-hybridized carbons (Fsp3) is 0.241. The Morgan fingerprint density at radius 3 is 2.57 bits per heavy atom. The summed E-state index contributed by atoms with van der Waals surface area (Å²) < 4.78 is 11.3. The van der Waals surface area contributed by atoms with E-state index >= 15 is 0 Å². The summed E-state index contributed by atoms with van der Waals surface area (Å²) in [5.41, 5.74) is 4.59. The Morgan fingerprint density at radius 1 is 1.09 bits per heavy atom. The molecule has 0 radical (unpaired) electrons. The molecular formula is C29H36N4O2. The Balaban J connectivity index is 0.00000210. The number of benzene rings is 1. The van der Waals surface area contributed by atoms with Crippen LogP contribution in [0, 0.1) is 6.92 Å². The van der Waals surface area contributed by atoms with Crippen LogP contribution in [0.4, 0.5) is 5.82 Å². The lowest BCUT2D eigenvalue weighted by Gasteiger charge is -2.16. The quantitative estimate of drug-likeness (QED) is 0.286. The topological polar surface area (TPSA) is 68.3 Å². The van der Waals surface area contributed by atoms with Crippen LogP contribution in [-0.4, -0.2) is 17.1 Å². The van der Waals surface area contributed by atoms with Crippen molar-refractivity contribution >= 4 is 11.5 Å². The van der Waals surface area contributed by atoms with E-state index in [0.29, 0.717) is 24.0 Å². The second-order valence-electron chi connectivity index (χ2n) is 7.41. The first-order valence-electron chi connectivity index (χ1n) is 11.8. The molecule has 0 atom stereocenters. The number of hydrogen-bond donors (Lipinski definition) is 2. The van der Waals surface area contributed by atoms with Gasteiger partial charge >= 0.3 is 0 Å². The van der Waals surface area contributed by atoms with Gasteiger partial charge in [-0.2, -0.15) is 0 Å². The van der Waals surface area contributed by atoms with Crippen molar-refractivity contribution in [2.45, 2.75) is 40.7 Å². The lowest BCUT2D eigenvalue weighted by atomic mass is 10.1. The van der Waals surface area contributed by atoms with Gasteiger partial charge in [0.25, 0.3) is 0 Å². The van der Waals surface area contributed by atoms with E-state index in [9.17, 15) is 0 Å². The third kappa shape index (κ3) is 8.34. The number of rotatable bonds is 11. The minimum atomic E-state index is 0.592. The van der Waals surface area contributed by atoms with Crippen LogP contribution in [0.5, 0.6) is 17.4 Å². The standard InChI is InChI=1S/C27H30N4O2.C2H6/c1-6-7-9-19(2)31-26-16-23(14-15-28-26)33-25-11-8-10-24(20(25)3)21(4)29-17-22-12-13-27(32-5)30-18-22;1-2/h7-16,18,29H,2,4,6,17H2,1,3,5H3,(H,28,31);1-2H3/b9-7-;. The van der Waals surface area contributed by atoms with Gasteiger partial charge in [0.1, 0.15) is 17.3 Å². The smallest absolute Gasteiger partial charge is 0.212 e. The molecule has 0 aliphatic carbocycles. The molecular weight excluding hydrogens is 436 g/mol. The van der Waals surface area contributed by atoms with E-state index in [1.165, 1.54) is 0 Å². The van der Waals surface area contributed by atoms with E-state index in [1.54, 1.807) is 19.5 Å². The second-order valence-corrected chi connectivity index (χ2v) is 7.41. The zero-order valence-corrected chi connectivity index (χ0v) is 21.4. The highest BCUT2D eigenvalue weighted by Gasteiger charge is 2.10. The summed E-state index contributed by atoms with van der Waals surface area (Å²) in [4.78, 5) is 8.57. The number of aromatic nitrogens is 2. The van der Waals surface area contributed by atoms with Crippen molar-refractivity contribution in [1.82, 2.24) is 15.3 Å². The highest BCUT2D eigenvalue weighted by atomic mass is 16.5. The number of nitrogens with one attached hydrogen (secondary N) is 2. The minimum absolute atomic E-state index is 0.592. The van der Waals surface area contributed by atoms with Crippen molar-refractivity contribution in [3.63, 3.8) is 0 Å². The van der Waals surface area contributed by atoms with E-state index < -0.39 is 0 Å². The molecule has 0 saturated carbocycles. The molecule has 6 nitrogen and oxygen atoms in total. The molecule has 0 aliphatic rings. The van der Waals surface area contributed by atoms with Crippen molar-refractivity contribution < 1.29 is 9.47 Å². The molecule has 2 N–H and O–H groups in total.